The van der Waals surface area contributed by atoms with Crippen LogP contribution < -0.4 is 9.64 Å². The standard InChI is InChI=1S/C11H12ClN3O4/c12-11-10(15(17)18)8(6-9(13-11)19-7-16)14-4-2-1-3-5-14/h6-7H,1-5H2. The highest BCUT2D eigenvalue weighted by molar-refractivity contribution is 6.32. The highest BCUT2D eigenvalue weighted by Gasteiger charge is 2.27. The Hall–Kier alpha value is -1.89. The van der Waals surface area contributed by atoms with Gasteiger partial charge in [-0.2, -0.15) is 4.98 Å². The zero-order chi connectivity index (χ0) is 13.8. The molecule has 8 heteroatoms. The normalized spacial score (nSPS) is 15.1. The number of hydrogen-bond donors (Lipinski definition) is 0. The maximum absolute atomic E-state index is 11.1. The zero-order valence-electron chi connectivity index (χ0n) is 10.0. The van der Waals surface area contributed by atoms with Gasteiger partial charge in [-0.1, -0.05) is 11.6 Å². The molecule has 0 spiro atoms. The summed E-state index contributed by atoms with van der Waals surface area (Å²) in [5, 5.41) is 10.8. The molecule has 0 radical (unpaired) electrons. The Morgan fingerprint density at radius 3 is 2.68 bits per heavy atom. The minimum Gasteiger partial charge on any atom is -0.410 e. The Morgan fingerprint density at radius 2 is 2.11 bits per heavy atom. The van der Waals surface area contributed by atoms with Crippen molar-refractivity contribution in [1.82, 2.24) is 4.98 Å². The number of rotatable bonds is 4. The molecule has 1 saturated heterocycles. The van der Waals surface area contributed by atoms with E-state index in [0.717, 1.165) is 19.3 Å². The third-order valence-electron chi connectivity index (χ3n) is 2.95. The molecule has 7 nitrogen and oxygen atoms in total. The Kier molecular flexibility index (Phi) is 4.16. The van der Waals surface area contributed by atoms with Crippen molar-refractivity contribution in [1.29, 1.82) is 0 Å². The van der Waals surface area contributed by atoms with Crippen LogP contribution in [-0.2, 0) is 4.79 Å². The van der Waals surface area contributed by atoms with Crippen LogP contribution in [0, 0.1) is 10.1 Å². The van der Waals surface area contributed by atoms with Crippen molar-refractivity contribution in [3.05, 3.63) is 21.3 Å². The third-order valence-corrected chi connectivity index (χ3v) is 3.22. The van der Waals surface area contributed by atoms with Crippen molar-refractivity contribution >= 4 is 29.4 Å². The molecule has 1 aromatic rings. The molecule has 0 saturated carbocycles. The van der Waals surface area contributed by atoms with Crippen molar-refractivity contribution in [3.63, 3.8) is 0 Å². The molecule has 0 bridgehead atoms. The molecule has 2 rings (SSSR count). The molecule has 0 aliphatic carbocycles. The van der Waals surface area contributed by atoms with E-state index < -0.39 is 4.92 Å². The van der Waals surface area contributed by atoms with Gasteiger partial charge in [0.2, 0.25) is 11.0 Å². The first-order valence-corrected chi connectivity index (χ1v) is 6.21. The first kappa shape index (κ1) is 13.5. The molecular weight excluding hydrogens is 274 g/mol. The van der Waals surface area contributed by atoms with E-state index in [4.69, 9.17) is 11.6 Å². The number of anilines is 1. The first-order chi connectivity index (χ1) is 9.13. The van der Waals surface area contributed by atoms with Crippen LogP contribution in [-0.4, -0.2) is 29.5 Å². The fraction of sp³-hybridized carbons (Fsp3) is 0.455. The second-order valence-electron chi connectivity index (χ2n) is 4.14. The van der Waals surface area contributed by atoms with Crippen LogP contribution in [0.3, 0.4) is 0 Å². The highest BCUT2D eigenvalue weighted by atomic mass is 35.5. The van der Waals surface area contributed by atoms with Gasteiger partial charge in [-0.05, 0) is 19.3 Å². The van der Waals surface area contributed by atoms with E-state index in [2.05, 4.69) is 9.72 Å². The number of halogens is 1. The average Bonchev–Trinajstić information content (AvgIpc) is 2.39. The Balaban J connectivity index is 2.46. The molecule has 2 heterocycles. The van der Waals surface area contributed by atoms with Gasteiger partial charge < -0.3 is 9.64 Å². The van der Waals surface area contributed by atoms with E-state index in [0.29, 0.717) is 18.8 Å². The Labute approximate surface area is 114 Å². The van der Waals surface area contributed by atoms with Gasteiger partial charge >= 0.3 is 5.69 Å². The number of aromatic nitrogens is 1. The molecule has 0 N–H and O–H groups in total. The van der Waals surface area contributed by atoms with Crippen molar-refractivity contribution in [3.8, 4) is 5.88 Å². The quantitative estimate of drug-likeness (QED) is 0.365. The second kappa shape index (κ2) is 5.83. The maximum Gasteiger partial charge on any atom is 0.329 e. The van der Waals surface area contributed by atoms with E-state index in [1.165, 1.54) is 6.07 Å². The molecule has 1 fully saturated rings. The van der Waals surface area contributed by atoms with Gasteiger partial charge in [-0.3, -0.25) is 14.9 Å². The van der Waals surface area contributed by atoms with Gasteiger partial charge in [-0.15, -0.1) is 0 Å². The average molecular weight is 286 g/mol. The largest absolute Gasteiger partial charge is 0.410 e. The van der Waals surface area contributed by atoms with Gasteiger partial charge in [0.15, 0.2) is 0 Å². The lowest BCUT2D eigenvalue weighted by molar-refractivity contribution is -0.384. The molecule has 1 aromatic heterocycles. The fourth-order valence-corrected chi connectivity index (χ4v) is 2.38. The van der Waals surface area contributed by atoms with Crippen molar-refractivity contribution < 1.29 is 14.5 Å². The molecule has 0 amide bonds. The molecular formula is C11H12ClN3O4. The number of pyridine rings is 1. The van der Waals surface area contributed by atoms with Crippen LogP contribution >= 0.6 is 11.6 Å². The van der Waals surface area contributed by atoms with Gasteiger partial charge in [0.05, 0.1) is 4.92 Å². The van der Waals surface area contributed by atoms with Gasteiger partial charge in [-0.25, -0.2) is 0 Å². The number of carbonyl (C=O) groups is 1. The zero-order valence-corrected chi connectivity index (χ0v) is 10.8. The Bertz CT molecular complexity index is 503. The van der Waals surface area contributed by atoms with Crippen molar-refractivity contribution in [2.75, 3.05) is 18.0 Å². The van der Waals surface area contributed by atoms with Crippen molar-refractivity contribution in [2.24, 2.45) is 0 Å². The predicted molar refractivity (Wildman–Crippen MR) is 68.7 cm³/mol. The van der Waals surface area contributed by atoms with Crippen LogP contribution in [0.1, 0.15) is 19.3 Å². The smallest absolute Gasteiger partial charge is 0.329 e. The van der Waals surface area contributed by atoms with Crippen LogP contribution in [0.2, 0.25) is 5.15 Å². The number of piperidine rings is 1. The molecule has 102 valence electrons. The Morgan fingerprint density at radius 1 is 1.42 bits per heavy atom. The monoisotopic (exact) mass is 285 g/mol. The number of nitrogens with zero attached hydrogens (tertiary/aromatic N) is 3. The van der Waals surface area contributed by atoms with Crippen LogP contribution in [0.4, 0.5) is 11.4 Å². The number of nitro groups is 1. The van der Waals surface area contributed by atoms with E-state index in [9.17, 15) is 14.9 Å². The molecule has 0 unspecified atom stereocenters. The summed E-state index contributed by atoms with van der Waals surface area (Å²) in [7, 11) is 0. The van der Waals surface area contributed by atoms with Crippen LogP contribution in [0.25, 0.3) is 0 Å². The highest BCUT2D eigenvalue weighted by Crippen LogP contribution is 2.37. The van der Waals surface area contributed by atoms with Crippen molar-refractivity contribution in [2.45, 2.75) is 19.3 Å². The summed E-state index contributed by atoms with van der Waals surface area (Å²) in [6.45, 7) is 1.63. The summed E-state index contributed by atoms with van der Waals surface area (Å²) in [5.74, 6) is -0.0360. The molecule has 1 aliphatic heterocycles. The van der Waals surface area contributed by atoms with Gasteiger partial charge in [0.1, 0.15) is 5.69 Å². The molecule has 0 aromatic carbocycles. The first-order valence-electron chi connectivity index (χ1n) is 5.83. The second-order valence-corrected chi connectivity index (χ2v) is 4.50. The van der Waals surface area contributed by atoms with Gasteiger partial charge in [0, 0.05) is 19.2 Å². The number of ether oxygens (including phenoxy) is 1. The lowest BCUT2D eigenvalue weighted by atomic mass is 10.1. The lowest BCUT2D eigenvalue weighted by Gasteiger charge is -2.28. The molecule has 19 heavy (non-hydrogen) atoms. The molecule has 0 atom stereocenters. The van der Waals surface area contributed by atoms with Gasteiger partial charge in [0.25, 0.3) is 6.47 Å². The summed E-state index contributed by atoms with van der Waals surface area (Å²) >= 11 is 5.81. The summed E-state index contributed by atoms with van der Waals surface area (Å²) < 4.78 is 4.63. The lowest BCUT2D eigenvalue weighted by Crippen LogP contribution is -2.30. The summed E-state index contributed by atoms with van der Waals surface area (Å²) in [4.78, 5) is 26.4. The minimum absolute atomic E-state index is 0.0360. The predicted octanol–water partition coefficient (Wildman–Crippen LogP) is 2.17. The third kappa shape index (κ3) is 2.93. The van der Waals surface area contributed by atoms with E-state index in [1.807, 2.05) is 4.90 Å². The van der Waals surface area contributed by atoms with Crippen LogP contribution in [0.15, 0.2) is 6.07 Å². The minimum atomic E-state index is -0.566. The van der Waals surface area contributed by atoms with E-state index in [1.54, 1.807) is 0 Å². The SMILES string of the molecule is O=COc1cc(N2CCCCC2)c([N+](=O)[O-])c(Cl)n1. The topological polar surface area (TPSA) is 85.6 Å². The maximum atomic E-state index is 11.1. The number of hydrogen-bond acceptors (Lipinski definition) is 6. The summed E-state index contributed by atoms with van der Waals surface area (Å²) in [5.41, 5.74) is 0.100. The summed E-state index contributed by atoms with van der Waals surface area (Å²) in [6, 6.07) is 1.38. The van der Waals surface area contributed by atoms with E-state index >= 15 is 0 Å². The van der Waals surface area contributed by atoms with E-state index in [-0.39, 0.29) is 23.2 Å². The number of carbonyl (C=O) groups excluding carboxylic acids is 1. The summed E-state index contributed by atoms with van der Waals surface area (Å²) in [6.07, 6.45) is 3.02. The molecule has 1 aliphatic rings. The fourth-order valence-electron chi connectivity index (χ4n) is 2.13. The van der Waals surface area contributed by atoms with Crippen LogP contribution in [0.5, 0.6) is 5.88 Å².